The molecule has 0 radical (unpaired) electrons. The van der Waals surface area contributed by atoms with Gasteiger partial charge in [-0.3, -0.25) is 4.79 Å². The zero-order valence-corrected chi connectivity index (χ0v) is 17.9. The quantitative estimate of drug-likeness (QED) is 0.583. The van der Waals surface area contributed by atoms with E-state index in [0.717, 1.165) is 25.1 Å². The monoisotopic (exact) mass is 435 g/mol. The lowest BCUT2D eigenvalue weighted by atomic mass is 10.1. The first-order valence-corrected chi connectivity index (χ1v) is 10.8. The van der Waals surface area contributed by atoms with Crippen molar-refractivity contribution in [2.24, 2.45) is 0 Å². The molecule has 8 heteroatoms. The van der Waals surface area contributed by atoms with E-state index in [0.29, 0.717) is 12.1 Å². The number of hydrogen-bond acceptors (Lipinski definition) is 4. The van der Waals surface area contributed by atoms with Crippen molar-refractivity contribution in [1.82, 2.24) is 15.4 Å². The fourth-order valence-corrected chi connectivity index (χ4v) is 4.32. The molecule has 6 nitrogen and oxygen atoms in total. The average Bonchev–Trinajstić information content (AvgIpc) is 2.73. The van der Waals surface area contributed by atoms with Crippen molar-refractivity contribution in [3.63, 3.8) is 0 Å². The van der Waals surface area contributed by atoms with Crippen LogP contribution < -0.4 is 15.4 Å². The second kappa shape index (κ2) is 10.5. The van der Waals surface area contributed by atoms with Crippen LogP contribution in [-0.4, -0.2) is 34.0 Å². The molecule has 0 spiro atoms. The van der Waals surface area contributed by atoms with Crippen LogP contribution in [0.3, 0.4) is 0 Å². The van der Waals surface area contributed by atoms with Gasteiger partial charge in [0, 0.05) is 24.7 Å². The summed E-state index contributed by atoms with van der Waals surface area (Å²) in [6.45, 7) is 3.97. The van der Waals surface area contributed by atoms with Gasteiger partial charge in [-0.15, -0.1) is 12.4 Å². The second-order valence-electron chi connectivity index (χ2n) is 6.78. The first kappa shape index (κ1) is 23.1. The summed E-state index contributed by atoms with van der Waals surface area (Å²) < 4.78 is 28.1. The molecule has 1 amide bonds. The third-order valence-corrected chi connectivity index (χ3v) is 6.21. The maximum Gasteiger partial charge on any atom is 0.251 e. The van der Waals surface area contributed by atoms with Crippen LogP contribution in [0.15, 0.2) is 71.1 Å². The second-order valence-corrected chi connectivity index (χ2v) is 8.49. The molecule has 1 heterocycles. The molecular weight excluding hydrogens is 410 g/mol. The van der Waals surface area contributed by atoms with E-state index in [1.54, 1.807) is 19.1 Å². The Morgan fingerprint density at radius 1 is 1.14 bits per heavy atom. The van der Waals surface area contributed by atoms with Crippen LogP contribution >= 0.6 is 12.4 Å². The summed E-state index contributed by atoms with van der Waals surface area (Å²) in [4.78, 5) is 12.5. The lowest BCUT2D eigenvalue weighted by molar-refractivity contribution is 0.0956. The van der Waals surface area contributed by atoms with Gasteiger partial charge in [0.15, 0.2) is 0 Å². The minimum atomic E-state index is -3.75. The van der Waals surface area contributed by atoms with Gasteiger partial charge >= 0.3 is 0 Å². The van der Waals surface area contributed by atoms with Crippen LogP contribution in [0.4, 0.5) is 0 Å². The first-order valence-electron chi connectivity index (χ1n) is 9.30. The van der Waals surface area contributed by atoms with E-state index in [-0.39, 0.29) is 29.3 Å². The van der Waals surface area contributed by atoms with Gasteiger partial charge in [0.1, 0.15) is 0 Å². The van der Waals surface area contributed by atoms with Gasteiger partial charge in [0.25, 0.3) is 5.91 Å². The fraction of sp³-hybridized carbons (Fsp3) is 0.286. The maximum atomic E-state index is 12.7. The van der Waals surface area contributed by atoms with Crippen LogP contribution in [0.5, 0.6) is 0 Å². The highest BCUT2D eigenvalue weighted by molar-refractivity contribution is 7.89. The Balaban J connectivity index is 0.00000300. The van der Waals surface area contributed by atoms with Crippen LogP contribution in [0.25, 0.3) is 0 Å². The van der Waals surface area contributed by atoms with E-state index in [4.69, 9.17) is 0 Å². The number of nitrogens with one attached hydrogen (secondary N) is 3. The SMILES string of the molecule is CC(NS(=O)(=O)c1cccc(C(=O)NCC2=CCNCC2)c1)c1ccccc1.Cl. The molecule has 0 bridgehead atoms. The molecule has 2 aromatic carbocycles. The van der Waals surface area contributed by atoms with Gasteiger partial charge in [-0.1, -0.05) is 48.0 Å². The minimum Gasteiger partial charge on any atom is -0.348 e. The summed E-state index contributed by atoms with van der Waals surface area (Å²) in [5.41, 5.74) is 2.37. The Morgan fingerprint density at radius 2 is 1.90 bits per heavy atom. The topological polar surface area (TPSA) is 87.3 Å². The molecular formula is C21H26ClN3O3S. The number of carbonyl (C=O) groups excluding carboxylic acids is 1. The number of sulfonamides is 1. The van der Waals surface area contributed by atoms with Crippen molar-refractivity contribution in [2.45, 2.75) is 24.3 Å². The Morgan fingerprint density at radius 3 is 2.59 bits per heavy atom. The molecule has 0 saturated heterocycles. The predicted octanol–water partition coefficient (Wildman–Crippen LogP) is 2.80. The Labute approximate surface area is 178 Å². The lowest BCUT2D eigenvalue weighted by Gasteiger charge is -2.16. The van der Waals surface area contributed by atoms with E-state index in [2.05, 4.69) is 21.4 Å². The molecule has 0 aliphatic carbocycles. The normalized spacial score (nSPS) is 15.0. The molecule has 3 rings (SSSR count). The maximum absolute atomic E-state index is 12.7. The first-order chi connectivity index (χ1) is 13.5. The Bertz CT molecular complexity index is 962. The summed E-state index contributed by atoms with van der Waals surface area (Å²) in [6.07, 6.45) is 2.97. The van der Waals surface area contributed by atoms with Crippen LogP contribution in [0.1, 0.15) is 35.3 Å². The van der Waals surface area contributed by atoms with Crippen molar-refractivity contribution < 1.29 is 13.2 Å². The highest BCUT2D eigenvalue weighted by Gasteiger charge is 2.20. The largest absolute Gasteiger partial charge is 0.348 e. The minimum absolute atomic E-state index is 0. The van der Waals surface area contributed by atoms with E-state index in [1.165, 1.54) is 17.7 Å². The number of amides is 1. The van der Waals surface area contributed by atoms with E-state index >= 15 is 0 Å². The molecule has 2 aromatic rings. The fourth-order valence-electron chi connectivity index (χ4n) is 3.04. The van der Waals surface area contributed by atoms with Crippen molar-refractivity contribution >= 4 is 28.3 Å². The number of rotatable bonds is 7. The zero-order chi connectivity index (χ0) is 20.0. The van der Waals surface area contributed by atoms with E-state index < -0.39 is 10.0 Å². The van der Waals surface area contributed by atoms with Crippen LogP contribution in [0, 0.1) is 0 Å². The predicted molar refractivity (Wildman–Crippen MR) is 117 cm³/mol. The van der Waals surface area contributed by atoms with Crippen molar-refractivity contribution in [3.8, 4) is 0 Å². The molecule has 1 unspecified atom stereocenters. The number of halogens is 1. The third-order valence-electron chi connectivity index (χ3n) is 4.67. The van der Waals surface area contributed by atoms with Gasteiger partial charge in [0.2, 0.25) is 10.0 Å². The van der Waals surface area contributed by atoms with E-state index in [9.17, 15) is 13.2 Å². The molecule has 29 heavy (non-hydrogen) atoms. The van der Waals surface area contributed by atoms with Gasteiger partial charge in [-0.2, -0.15) is 0 Å². The van der Waals surface area contributed by atoms with Gasteiger partial charge in [-0.25, -0.2) is 13.1 Å². The Hall–Kier alpha value is -2.19. The highest BCUT2D eigenvalue weighted by Crippen LogP contribution is 2.18. The Kier molecular flexibility index (Phi) is 8.40. The van der Waals surface area contributed by atoms with Crippen molar-refractivity contribution in [2.75, 3.05) is 19.6 Å². The van der Waals surface area contributed by atoms with Crippen LogP contribution in [0.2, 0.25) is 0 Å². The number of hydrogen-bond donors (Lipinski definition) is 3. The van der Waals surface area contributed by atoms with Crippen LogP contribution in [-0.2, 0) is 10.0 Å². The molecule has 1 aliphatic heterocycles. The highest BCUT2D eigenvalue weighted by atomic mass is 35.5. The number of benzene rings is 2. The average molecular weight is 436 g/mol. The van der Waals surface area contributed by atoms with Gasteiger partial charge in [0.05, 0.1) is 4.90 Å². The summed E-state index contributed by atoms with van der Waals surface area (Å²) in [7, 11) is -3.75. The molecule has 0 aromatic heterocycles. The van der Waals surface area contributed by atoms with Gasteiger partial charge in [-0.05, 0) is 43.7 Å². The lowest BCUT2D eigenvalue weighted by Crippen LogP contribution is -2.30. The summed E-state index contributed by atoms with van der Waals surface area (Å²) in [6, 6.07) is 15.1. The molecule has 156 valence electrons. The molecule has 1 atom stereocenters. The number of carbonyl (C=O) groups is 1. The molecule has 0 fully saturated rings. The van der Waals surface area contributed by atoms with Gasteiger partial charge < -0.3 is 10.6 Å². The molecule has 3 N–H and O–H groups in total. The summed E-state index contributed by atoms with van der Waals surface area (Å²) in [5.74, 6) is -0.285. The molecule has 0 saturated carbocycles. The smallest absolute Gasteiger partial charge is 0.251 e. The van der Waals surface area contributed by atoms with Crippen molar-refractivity contribution in [1.29, 1.82) is 0 Å². The summed E-state index contributed by atoms with van der Waals surface area (Å²) in [5, 5.41) is 6.09. The third kappa shape index (κ3) is 6.40. The standard InChI is InChI=1S/C21H25N3O3S.ClH/c1-16(18-6-3-2-4-7-18)24-28(26,27)20-9-5-8-19(14-20)21(25)23-15-17-10-12-22-13-11-17;/h2-10,14,16,22,24H,11-13,15H2,1H3,(H,23,25);1H. The van der Waals surface area contributed by atoms with E-state index in [1.807, 2.05) is 30.3 Å². The summed E-state index contributed by atoms with van der Waals surface area (Å²) >= 11 is 0. The van der Waals surface area contributed by atoms with Crippen molar-refractivity contribution in [3.05, 3.63) is 77.4 Å². The molecule has 1 aliphatic rings. The zero-order valence-electron chi connectivity index (χ0n) is 16.2.